The fourth-order valence-electron chi connectivity index (χ4n) is 3.51. The molecule has 0 radical (unpaired) electrons. The molecule has 1 aliphatic heterocycles. The normalized spacial score (nSPS) is 21.2. The third kappa shape index (κ3) is 3.39. The fraction of sp³-hybridized carbons (Fsp3) is 0.450. The molecule has 2 aromatic rings. The van der Waals surface area contributed by atoms with Gasteiger partial charge >= 0.3 is 6.09 Å². The number of likely N-dealkylation sites (tertiary alicyclic amines) is 1. The lowest BCUT2D eigenvalue weighted by atomic mass is 9.86. The van der Waals surface area contributed by atoms with Crippen LogP contribution < -0.4 is 5.73 Å². The predicted octanol–water partition coefficient (Wildman–Crippen LogP) is 3.75. The van der Waals surface area contributed by atoms with E-state index >= 15 is 0 Å². The van der Waals surface area contributed by atoms with Crippen LogP contribution in [0.15, 0.2) is 42.5 Å². The van der Waals surface area contributed by atoms with Gasteiger partial charge in [-0.1, -0.05) is 42.5 Å². The van der Waals surface area contributed by atoms with Crippen molar-refractivity contribution in [3.8, 4) is 0 Å². The van der Waals surface area contributed by atoms with Crippen LogP contribution in [0.2, 0.25) is 0 Å². The first-order valence-corrected chi connectivity index (χ1v) is 8.54. The van der Waals surface area contributed by atoms with Gasteiger partial charge in [-0.3, -0.25) is 0 Å². The maximum absolute atomic E-state index is 12.4. The molecule has 0 bridgehead atoms. The number of hydrogen-bond donors (Lipinski definition) is 1. The van der Waals surface area contributed by atoms with Crippen molar-refractivity contribution in [2.24, 2.45) is 11.7 Å². The van der Waals surface area contributed by atoms with Gasteiger partial charge in [-0.05, 0) is 49.6 Å². The number of nitrogens with two attached hydrogens (primary N) is 1. The zero-order chi connectivity index (χ0) is 17.3. The van der Waals surface area contributed by atoms with Crippen molar-refractivity contribution in [3.63, 3.8) is 0 Å². The minimum atomic E-state index is -0.479. The van der Waals surface area contributed by atoms with Crippen LogP contribution in [-0.4, -0.2) is 36.2 Å². The fourth-order valence-corrected chi connectivity index (χ4v) is 3.51. The van der Waals surface area contributed by atoms with Crippen LogP contribution in [0, 0.1) is 5.92 Å². The summed E-state index contributed by atoms with van der Waals surface area (Å²) in [4.78, 5) is 14.2. The average Bonchev–Trinajstić information content (AvgIpc) is 2.97. The highest BCUT2D eigenvalue weighted by Crippen LogP contribution is 2.36. The molecule has 128 valence electrons. The molecule has 0 saturated carbocycles. The highest BCUT2D eigenvalue weighted by Gasteiger charge is 2.37. The number of fused-ring (bicyclic) bond motifs is 1. The maximum Gasteiger partial charge on any atom is 0.410 e. The molecule has 2 atom stereocenters. The Balaban J connectivity index is 1.88. The minimum Gasteiger partial charge on any atom is -0.444 e. The Morgan fingerprint density at radius 2 is 1.88 bits per heavy atom. The number of hydrogen-bond acceptors (Lipinski definition) is 3. The molecule has 4 heteroatoms. The first-order valence-electron chi connectivity index (χ1n) is 8.54. The van der Waals surface area contributed by atoms with E-state index in [1.54, 1.807) is 4.90 Å². The number of carbonyl (C=O) groups is 1. The van der Waals surface area contributed by atoms with E-state index in [0.717, 1.165) is 0 Å². The van der Waals surface area contributed by atoms with E-state index in [-0.39, 0.29) is 17.9 Å². The largest absolute Gasteiger partial charge is 0.444 e. The summed E-state index contributed by atoms with van der Waals surface area (Å²) in [5.74, 6) is 0.497. The van der Waals surface area contributed by atoms with Crippen molar-refractivity contribution in [2.75, 3.05) is 19.6 Å². The number of carbonyl (C=O) groups excluding carboxylic acids is 1. The quantitative estimate of drug-likeness (QED) is 0.914. The van der Waals surface area contributed by atoms with Crippen LogP contribution in [0.3, 0.4) is 0 Å². The lowest BCUT2D eigenvalue weighted by molar-refractivity contribution is 0.0287. The zero-order valence-corrected chi connectivity index (χ0v) is 14.7. The molecule has 4 nitrogen and oxygen atoms in total. The smallest absolute Gasteiger partial charge is 0.410 e. The van der Waals surface area contributed by atoms with E-state index in [4.69, 9.17) is 10.5 Å². The third-order valence-corrected chi connectivity index (χ3v) is 4.62. The van der Waals surface area contributed by atoms with E-state index in [1.165, 1.54) is 16.3 Å². The molecule has 1 fully saturated rings. The molecule has 1 aliphatic rings. The SMILES string of the molecule is CC(C)(C)OC(=O)N1C[C@H](CN)[C@@H](c2cccc3ccccc23)C1. The monoisotopic (exact) mass is 326 g/mol. The van der Waals surface area contributed by atoms with Crippen LogP contribution in [0.5, 0.6) is 0 Å². The Labute approximate surface area is 143 Å². The van der Waals surface area contributed by atoms with Crippen molar-refractivity contribution < 1.29 is 9.53 Å². The van der Waals surface area contributed by atoms with Gasteiger partial charge < -0.3 is 15.4 Å². The van der Waals surface area contributed by atoms with Crippen LogP contribution in [0.1, 0.15) is 32.3 Å². The highest BCUT2D eigenvalue weighted by atomic mass is 16.6. The van der Waals surface area contributed by atoms with Gasteiger partial charge in [0.1, 0.15) is 5.60 Å². The van der Waals surface area contributed by atoms with Gasteiger partial charge in [0.2, 0.25) is 0 Å². The predicted molar refractivity (Wildman–Crippen MR) is 97.0 cm³/mol. The molecule has 1 heterocycles. The van der Waals surface area contributed by atoms with Crippen molar-refractivity contribution in [3.05, 3.63) is 48.0 Å². The van der Waals surface area contributed by atoms with Crippen molar-refractivity contribution >= 4 is 16.9 Å². The van der Waals surface area contributed by atoms with Crippen molar-refractivity contribution in [1.82, 2.24) is 4.90 Å². The average molecular weight is 326 g/mol. The van der Waals surface area contributed by atoms with E-state index in [9.17, 15) is 4.79 Å². The summed E-state index contributed by atoms with van der Waals surface area (Å²) < 4.78 is 5.53. The second-order valence-corrected chi connectivity index (χ2v) is 7.56. The summed E-state index contributed by atoms with van der Waals surface area (Å²) in [5.41, 5.74) is 6.81. The maximum atomic E-state index is 12.4. The summed E-state index contributed by atoms with van der Waals surface area (Å²) in [5, 5.41) is 2.47. The van der Waals surface area contributed by atoms with Crippen LogP contribution in [0.4, 0.5) is 4.79 Å². The first kappa shape index (κ1) is 16.8. The molecule has 0 spiro atoms. The summed E-state index contributed by atoms with van der Waals surface area (Å²) in [6, 6.07) is 14.7. The summed E-state index contributed by atoms with van der Waals surface area (Å²) in [6.45, 7) is 7.55. The van der Waals surface area contributed by atoms with Gasteiger partial charge in [0.05, 0.1) is 0 Å². The van der Waals surface area contributed by atoms with Crippen LogP contribution >= 0.6 is 0 Å². The Hall–Kier alpha value is -2.07. The van der Waals surface area contributed by atoms with Gasteiger partial charge in [-0.2, -0.15) is 0 Å². The van der Waals surface area contributed by atoms with Gasteiger partial charge in [0, 0.05) is 19.0 Å². The van der Waals surface area contributed by atoms with Crippen LogP contribution in [-0.2, 0) is 4.74 Å². The zero-order valence-electron chi connectivity index (χ0n) is 14.7. The van der Waals surface area contributed by atoms with E-state index in [1.807, 2.05) is 26.8 Å². The van der Waals surface area contributed by atoms with Gasteiger partial charge in [-0.15, -0.1) is 0 Å². The van der Waals surface area contributed by atoms with E-state index < -0.39 is 5.60 Å². The number of ether oxygens (including phenoxy) is 1. The Kier molecular flexibility index (Phi) is 4.50. The standard InChI is InChI=1S/C20H26N2O2/c1-20(2,3)24-19(23)22-12-15(11-21)18(13-22)17-10-6-8-14-7-4-5-9-16(14)17/h4-10,15,18H,11-13,21H2,1-3H3/t15-,18-/m0/s1. The number of nitrogens with zero attached hydrogens (tertiary/aromatic N) is 1. The number of rotatable bonds is 2. The summed E-state index contributed by atoms with van der Waals surface area (Å²) in [7, 11) is 0. The molecule has 1 amide bonds. The second-order valence-electron chi connectivity index (χ2n) is 7.56. The second kappa shape index (κ2) is 6.44. The summed E-state index contributed by atoms with van der Waals surface area (Å²) in [6.07, 6.45) is -0.247. The Morgan fingerprint density at radius 3 is 2.58 bits per heavy atom. The van der Waals surface area contributed by atoms with Crippen LogP contribution in [0.25, 0.3) is 10.8 Å². The van der Waals surface area contributed by atoms with Crippen molar-refractivity contribution in [2.45, 2.75) is 32.3 Å². The molecule has 24 heavy (non-hydrogen) atoms. The molecule has 2 aromatic carbocycles. The molecule has 2 N–H and O–H groups in total. The first-order chi connectivity index (χ1) is 11.4. The lowest BCUT2D eigenvalue weighted by Gasteiger charge is -2.24. The van der Waals surface area contributed by atoms with Gasteiger partial charge in [0.25, 0.3) is 0 Å². The molecular weight excluding hydrogens is 300 g/mol. The van der Waals surface area contributed by atoms with Gasteiger partial charge in [-0.25, -0.2) is 4.79 Å². The molecule has 3 rings (SSSR count). The third-order valence-electron chi connectivity index (χ3n) is 4.62. The highest BCUT2D eigenvalue weighted by molar-refractivity contribution is 5.86. The molecular formula is C20H26N2O2. The molecule has 0 aliphatic carbocycles. The number of amides is 1. The Morgan fingerprint density at radius 1 is 1.17 bits per heavy atom. The molecule has 0 aromatic heterocycles. The Bertz CT molecular complexity index is 730. The van der Waals surface area contributed by atoms with E-state index in [0.29, 0.717) is 19.6 Å². The summed E-state index contributed by atoms with van der Waals surface area (Å²) >= 11 is 0. The van der Waals surface area contributed by atoms with Gasteiger partial charge in [0.15, 0.2) is 0 Å². The molecule has 0 unspecified atom stereocenters. The topological polar surface area (TPSA) is 55.6 Å². The van der Waals surface area contributed by atoms with Crippen molar-refractivity contribution in [1.29, 1.82) is 0 Å². The lowest BCUT2D eigenvalue weighted by Crippen LogP contribution is -2.35. The minimum absolute atomic E-state index is 0.244. The van der Waals surface area contributed by atoms with E-state index in [2.05, 4.69) is 36.4 Å². The molecule has 1 saturated heterocycles. The number of benzene rings is 2.